The van der Waals surface area contributed by atoms with Gasteiger partial charge in [0.15, 0.2) is 11.5 Å². The van der Waals surface area contributed by atoms with Gasteiger partial charge in [-0.2, -0.15) is 10.2 Å². The normalized spacial score (nSPS) is 11.9. The molecule has 3 aromatic rings. The first-order valence-corrected chi connectivity index (χ1v) is 9.73. The average molecular weight is 397 g/mol. The number of nitrogens with one attached hydrogen (secondary N) is 1. The minimum atomic E-state index is -0.409. The summed E-state index contributed by atoms with van der Waals surface area (Å²) in [6.45, 7) is 9.31. The second-order valence-electron chi connectivity index (χ2n) is 6.66. The van der Waals surface area contributed by atoms with E-state index in [0.29, 0.717) is 25.4 Å². The van der Waals surface area contributed by atoms with Crippen molar-refractivity contribution in [2.45, 2.75) is 40.3 Å². The largest absolute Gasteiger partial charge is 0.490 e. The Balaban J connectivity index is 1.66. The maximum atomic E-state index is 12.5. The summed E-state index contributed by atoms with van der Waals surface area (Å²) in [5, 5.41) is 11.4. The zero-order valence-corrected chi connectivity index (χ0v) is 17.3. The van der Waals surface area contributed by atoms with Crippen LogP contribution in [0.3, 0.4) is 0 Å². The number of ether oxygens (including phenoxy) is 2. The number of aromatic nitrogens is 4. The number of hydrogen-bond donors (Lipinski definition) is 1. The maximum Gasteiger partial charge on any atom is 0.249 e. The standard InChI is InChI=1S/C21H27N5O3/c1-5-28-19-8-7-17(11-20(19)29-6-2)13-25-14-18(12-23-25)24-21(27)16(4)26-15(3)9-10-22-26/h7-12,14,16H,5-6,13H2,1-4H3,(H,24,27). The van der Waals surface area contributed by atoms with E-state index >= 15 is 0 Å². The van der Waals surface area contributed by atoms with Gasteiger partial charge in [-0.15, -0.1) is 0 Å². The number of aryl methyl sites for hydroxylation is 1. The van der Waals surface area contributed by atoms with Gasteiger partial charge in [-0.25, -0.2) is 0 Å². The van der Waals surface area contributed by atoms with Gasteiger partial charge in [-0.3, -0.25) is 14.2 Å². The molecule has 0 saturated heterocycles. The van der Waals surface area contributed by atoms with E-state index in [9.17, 15) is 4.79 Å². The molecule has 1 amide bonds. The van der Waals surface area contributed by atoms with Gasteiger partial charge in [0.05, 0.1) is 31.6 Å². The third-order valence-corrected chi connectivity index (χ3v) is 4.47. The monoisotopic (exact) mass is 397 g/mol. The van der Waals surface area contributed by atoms with Crippen molar-refractivity contribution in [3.63, 3.8) is 0 Å². The first-order valence-electron chi connectivity index (χ1n) is 9.73. The predicted octanol–water partition coefficient (Wildman–Crippen LogP) is 3.43. The summed E-state index contributed by atoms with van der Waals surface area (Å²) >= 11 is 0. The van der Waals surface area contributed by atoms with Crippen LogP contribution in [-0.2, 0) is 11.3 Å². The molecule has 1 N–H and O–H groups in total. The molecule has 1 unspecified atom stereocenters. The molecule has 1 atom stereocenters. The molecule has 0 fully saturated rings. The molecule has 8 heteroatoms. The first-order chi connectivity index (χ1) is 14.0. The smallest absolute Gasteiger partial charge is 0.249 e. The Morgan fingerprint density at radius 2 is 1.90 bits per heavy atom. The highest BCUT2D eigenvalue weighted by molar-refractivity contribution is 5.93. The molecule has 0 spiro atoms. The van der Waals surface area contributed by atoms with E-state index in [1.807, 2.05) is 52.0 Å². The van der Waals surface area contributed by atoms with Gasteiger partial charge in [0, 0.05) is 18.1 Å². The average Bonchev–Trinajstić information content (AvgIpc) is 3.32. The number of nitrogens with zero attached hydrogens (tertiary/aromatic N) is 4. The Kier molecular flexibility index (Phi) is 6.54. The number of hydrogen-bond acceptors (Lipinski definition) is 5. The molecule has 0 bridgehead atoms. The minimum Gasteiger partial charge on any atom is -0.490 e. The van der Waals surface area contributed by atoms with E-state index < -0.39 is 6.04 Å². The zero-order valence-electron chi connectivity index (χ0n) is 17.3. The van der Waals surface area contributed by atoms with Crippen molar-refractivity contribution in [1.29, 1.82) is 0 Å². The topological polar surface area (TPSA) is 83.2 Å². The first kappa shape index (κ1) is 20.4. The minimum absolute atomic E-state index is 0.143. The van der Waals surface area contributed by atoms with E-state index in [1.165, 1.54) is 0 Å². The Bertz CT molecular complexity index is 963. The Morgan fingerprint density at radius 3 is 2.59 bits per heavy atom. The number of carbonyl (C=O) groups excluding carboxylic acids is 1. The maximum absolute atomic E-state index is 12.5. The van der Waals surface area contributed by atoms with E-state index in [-0.39, 0.29) is 5.91 Å². The third kappa shape index (κ3) is 4.96. The van der Waals surface area contributed by atoms with Gasteiger partial charge in [-0.05, 0) is 51.5 Å². The third-order valence-electron chi connectivity index (χ3n) is 4.47. The van der Waals surface area contributed by atoms with Crippen molar-refractivity contribution in [3.05, 3.63) is 54.1 Å². The van der Waals surface area contributed by atoms with Gasteiger partial charge in [0.1, 0.15) is 6.04 Å². The molecule has 8 nitrogen and oxygen atoms in total. The number of carbonyl (C=O) groups is 1. The summed E-state index contributed by atoms with van der Waals surface area (Å²) in [5.74, 6) is 1.31. The summed E-state index contributed by atoms with van der Waals surface area (Å²) in [4.78, 5) is 12.5. The predicted molar refractivity (Wildman–Crippen MR) is 110 cm³/mol. The SMILES string of the molecule is CCOc1ccc(Cn2cc(NC(=O)C(C)n3nccc3C)cn2)cc1OCC. The van der Waals surface area contributed by atoms with Crippen molar-refractivity contribution < 1.29 is 14.3 Å². The molecular formula is C21H27N5O3. The lowest BCUT2D eigenvalue weighted by molar-refractivity contribution is -0.119. The van der Waals surface area contributed by atoms with Crippen LogP contribution in [0.15, 0.2) is 42.9 Å². The molecular weight excluding hydrogens is 370 g/mol. The molecule has 0 radical (unpaired) electrons. The molecule has 29 heavy (non-hydrogen) atoms. The quantitative estimate of drug-likeness (QED) is 0.598. The molecule has 0 aliphatic carbocycles. The van der Waals surface area contributed by atoms with Crippen molar-refractivity contribution >= 4 is 11.6 Å². The summed E-state index contributed by atoms with van der Waals surface area (Å²) in [7, 11) is 0. The van der Waals surface area contributed by atoms with Crippen molar-refractivity contribution in [2.75, 3.05) is 18.5 Å². The summed E-state index contributed by atoms with van der Waals surface area (Å²) in [5.41, 5.74) is 2.60. The van der Waals surface area contributed by atoms with Crippen LogP contribution < -0.4 is 14.8 Å². The zero-order chi connectivity index (χ0) is 20.8. The van der Waals surface area contributed by atoms with Gasteiger partial charge >= 0.3 is 0 Å². The number of anilines is 1. The molecule has 2 aromatic heterocycles. The van der Waals surface area contributed by atoms with E-state index in [4.69, 9.17) is 9.47 Å². The molecule has 2 heterocycles. The van der Waals surface area contributed by atoms with Crippen LogP contribution in [0.2, 0.25) is 0 Å². The molecule has 0 saturated carbocycles. The van der Waals surface area contributed by atoms with Gasteiger partial charge in [0.25, 0.3) is 0 Å². The van der Waals surface area contributed by atoms with Crippen LogP contribution in [0.1, 0.15) is 38.1 Å². The fraction of sp³-hybridized carbons (Fsp3) is 0.381. The van der Waals surface area contributed by atoms with Crippen molar-refractivity contribution in [1.82, 2.24) is 19.6 Å². The molecule has 154 valence electrons. The second-order valence-corrected chi connectivity index (χ2v) is 6.66. The summed E-state index contributed by atoms with van der Waals surface area (Å²) in [6, 6.07) is 7.31. The summed E-state index contributed by atoms with van der Waals surface area (Å²) < 4.78 is 14.7. The Labute approximate surface area is 170 Å². The van der Waals surface area contributed by atoms with E-state index in [2.05, 4.69) is 15.5 Å². The number of amides is 1. The van der Waals surface area contributed by atoms with Gasteiger partial charge < -0.3 is 14.8 Å². The highest BCUT2D eigenvalue weighted by Crippen LogP contribution is 2.29. The molecule has 1 aromatic carbocycles. The summed E-state index contributed by atoms with van der Waals surface area (Å²) in [6.07, 6.45) is 5.13. The lowest BCUT2D eigenvalue weighted by Gasteiger charge is -2.13. The number of benzene rings is 1. The fourth-order valence-electron chi connectivity index (χ4n) is 3.04. The van der Waals surface area contributed by atoms with Crippen molar-refractivity contribution in [3.8, 4) is 11.5 Å². The van der Waals surface area contributed by atoms with Crippen LogP contribution in [0.25, 0.3) is 0 Å². The van der Waals surface area contributed by atoms with Crippen LogP contribution in [0.4, 0.5) is 5.69 Å². The van der Waals surface area contributed by atoms with Gasteiger partial charge in [0.2, 0.25) is 5.91 Å². The Hall–Kier alpha value is -3.29. The van der Waals surface area contributed by atoms with Crippen molar-refractivity contribution in [2.24, 2.45) is 0 Å². The van der Waals surface area contributed by atoms with Crippen LogP contribution in [-0.4, -0.2) is 38.7 Å². The van der Waals surface area contributed by atoms with Crippen LogP contribution >= 0.6 is 0 Å². The lowest BCUT2D eigenvalue weighted by atomic mass is 10.2. The van der Waals surface area contributed by atoms with Crippen LogP contribution in [0, 0.1) is 6.92 Å². The fourth-order valence-corrected chi connectivity index (χ4v) is 3.04. The highest BCUT2D eigenvalue weighted by atomic mass is 16.5. The van der Waals surface area contributed by atoms with E-state index in [0.717, 1.165) is 22.8 Å². The molecule has 3 rings (SSSR count). The Morgan fingerprint density at radius 1 is 1.14 bits per heavy atom. The number of rotatable bonds is 9. The lowest BCUT2D eigenvalue weighted by Crippen LogP contribution is -2.25. The van der Waals surface area contributed by atoms with Gasteiger partial charge in [-0.1, -0.05) is 6.07 Å². The van der Waals surface area contributed by atoms with Crippen LogP contribution in [0.5, 0.6) is 11.5 Å². The molecule has 0 aliphatic heterocycles. The van der Waals surface area contributed by atoms with E-state index in [1.54, 1.807) is 28.0 Å². The molecule has 0 aliphatic rings. The second kappa shape index (κ2) is 9.27. The highest BCUT2D eigenvalue weighted by Gasteiger charge is 2.17.